The fourth-order valence-corrected chi connectivity index (χ4v) is 4.52. The zero-order valence-electron chi connectivity index (χ0n) is 18.7. The van der Waals surface area contributed by atoms with E-state index in [1.807, 2.05) is 32.0 Å². The number of ether oxygens (including phenoxy) is 2. The Morgan fingerprint density at radius 1 is 1.16 bits per heavy atom. The van der Waals surface area contributed by atoms with Crippen molar-refractivity contribution in [3.05, 3.63) is 56.4 Å². The van der Waals surface area contributed by atoms with Gasteiger partial charge < -0.3 is 14.8 Å². The van der Waals surface area contributed by atoms with E-state index in [4.69, 9.17) is 9.47 Å². The fourth-order valence-electron chi connectivity index (χ4n) is 3.49. The largest absolute Gasteiger partial charge is 0.459 e. The van der Waals surface area contributed by atoms with Crippen molar-refractivity contribution in [1.82, 2.24) is 9.55 Å². The Morgan fingerprint density at radius 3 is 2.47 bits per heavy atom. The van der Waals surface area contributed by atoms with Crippen LogP contribution in [0.1, 0.15) is 40.2 Å². The summed E-state index contributed by atoms with van der Waals surface area (Å²) in [4.78, 5) is 43.2. The van der Waals surface area contributed by atoms with Crippen molar-refractivity contribution >= 4 is 39.1 Å². The van der Waals surface area contributed by atoms with Gasteiger partial charge in [-0.2, -0.15) is 0 Å². The van der Waals surface area contributed by atoms with Gasteiger partial charge in [-0.05, 0) is 36.5 Å². The van der Waals surface area contributed by atoms with E-state index in [-0.39, 0.29) is 31.2 Å². The quantitative estimate of drug-likeness (QED) is 0.391. The number of rotatable bonds is 9. The highest BCUT2D eigenvalue weighted by Crippen LogP contribution is 2.27. The number of hydrogen-bond donors (Lipinski definition) is 1. The van der Waals surface area contributed by atoms with Crippen LogP contribution < -0.4 is 10.9 Å². The first-order valence-electron chi connectivity index (χ1n) is 10.5. The van der Waals surface area contributed by atoms with Crippen molar-refractivity contribution in [2.75, 3.05) is 25.6 Å². The van der Waals surface area contributed by atoms with Gasteiger partial charge in [0.25, 0.3) is 5.56 Å². The van der Waals surface area contributed by atoms with Crippen LogP contribution in [0.25, 0.3) is 10.2 Å². The van der Waals surface area contributed by atoms with Crippen LogP contribution in [0.3, 0.4) is 0 Å². The molecule has 0 aliphatic heterocycles. The highest BCUT2D eigenvalue weighted by atomic mass is 32.1. The van der Waals surface area contributed by atoms with Gasteiger partial charge in [0.05, 0.1) is 18.3 Å². The molecule has 1 N–H and O–H groups in total. The average molecular weight is 458 g/mol. The summed E-state index contributed by atoms with van der Waals surface area (Å²) >= 11 is 1.10. The molecule has 8 nitrogen and oxygen atoms in total. The van der Waals surface area contributed by atoms with Crippen molar-refractivity contribution in [2.24, 2.45) is 0 Å². The number of aromatic nitrogens is 2. The highest BCUT2D eigenvalue weighted by molar-refractivity contribution is 7.20. The molecule has 1 aromatic carbocycles. The summed E-state index contributed by atoms with van der Waals surface area (Å²) in [5, 5.41) is 3.29. The molecule has 32 heavy (non-hydrogen) atoms. The molecule has 0 aliphatic rings. The second-order valence-electron chi connectivity index (χ2n) is 7.25. The minimum absolute atomic E-state index is 0.125. The topological polar surface area (TPSA) is 99.5 Å². The summed E-state index contributed by atoms with van der Waals surface area (Å²) in [6.45, 7) is 5.99. The molecule has 0 saturated heterocycles. The number of hydrogen-bond acceptors (Lipinski definition) is 7. The summed E-state index contributed by atoms with van der Waals surface area (Å²) in [7, 11) is 1.52. The number of nitrogens with zero attached hydrogens (tertiary/aromatic N) is 2. The number of fused-ring (bicyclic) bond motifs is 1. The first-order valence-corrected chi connectivity index (χ1v) is 11.3. The Hall–Kier alpha value is -3.04. The first kappa shape index (κ1) is 23.6. The minimum Gasteiger partial charge on any atom is -0.459 e. The molecule has 0 bridgehead atoms. The molecule has 1 amide bonds. The summed E-state index contributed by atoms with van der Waals surface area (Å²) in [5.74, 6) is -0.828. The first-order chi connectivity index (χ1) is 15.4. The molecular formula is C23H27N3O5S. The van der Waals surface area contributed by atoms with Gasteiger partial charge in [0.2, 0.25) is 5.91 Å². The average Bonchev–Trinajstić information content (AvgIpc) is 3.13. The molecule has 2 heterocycles. The van der Waals surface area contributed by atoms with Crippen LogP contribution in [-0.4, -0.2) is 41.8 Å². The van der Waals surface area contributed by atoms with Crippen LogP contribution in [0.15, 0.2) is 29.3 Å². The van der Waals surface area contributed by atoms with Gasteiger partial charge in [-0.3, -0.25) is 14.2 Å². The smallest absolute Gasteiger partial charge is 0.348 e. The van der Waals surface area contributed by atoms with Crippen molar-refractivity contribution < 1.29 is 19.1 Å². The van der Waals surface area contributed by atoms with Gasteiger partial charge in [0, 0.05) is 12.8 Å². The molecule has 0 atom stereocenters. The molecule has 170 valence electrons. The molecule has 0 spiro atoms. The predicted molar refractivity (Wildman–Crippen MR) is 125 cm³/mol. The van der Waals surface area contributed by atoms with Crippen LogP contribution in [0.5, 0.6) is 0 Å². The molecule has 2 aromatic heterocycles. The number of amides is 1. The maximum Gasteiger partial charge on any atom is 0.348 e. The van der Waals surface area contributed by atoms with Crippen LogP contribution >= 0.6 is 11.3 Å². The third-order valence-corrected chi connectivity index (χ3v) is 6.38. The summed E-state index contributed by atoms with van der Waals surface area (Å²) in [5.41, 5.74) is 3.03. The molecule has 0 aliphatic carbocycles. The SMILES string of the molecule is CCc1cccc(CC)c1NC(=O)Cn1cnc2sc(C(=O)OCCOC)c(C)c2c1=O. The predicted octanol–water partition coefficient (Wildman–Crippen LogP) is 3.33. The normalized spacial score (nSPS) is 11.0. The number of carbonyl (C=O) groups is 2. The van der Waals surface area contributed by atoms with Crippen LogP contribution in [-0.2, 0) is 33.7 Å². The van der Waals surface area contributed by atoms with Crippen LogP contribution in [0.4, 0.5) is 5.69 Å². The lowest BCUT2D eigenvalue weighted by molar-refractivity contribution is -0.116. The Kier molecular flexibility index (Phi) is 7.76. The second-order valence-corrected chi connectivity index (χ2v) is 8.25. The van der Waals surface area contributed by atoms with E-state index in [0.717, 1.165) is 41.0 Å². The Bertz CT molecular complexity index is 1180. The van der Waals surface area contributed by atoms with Crippen LogP contribution in [0, 0.1) is 6.92 Å². The van der Waals surface area contributed by atoms with E-state index in [1.54, 1.807) is 6.92 Å². The number of thiophene rings is 1. The number of esters is 1. The Morgan fingerprint density at radius 2 is 1.84 bits per heavy atom. The number of aryl methyl sites for hydroxylation is 3. The van der Waals surface area contributed by atoms with E-state index < -0.39 is 5.97 Å². The molecule has 9 heteroatoms. The molecular weight excluding hydrogens is 430 g/mol. The molecule has 0 saturated carbocycles. The van der Waals surface area contributed by atoms with Gasteiger partial charge in [-0.1, -0.05) is 32.0 Å². The van der Waals surface area contributed by atoms with Crippen molar-refractivity contribution in [1.29, 1.82) is 0 Å². The molecule has 0 radical (unpaired) electrons. The maximum atomic E-state index is 13.1. The number of para-hydroxylation sites is 1. The highest BCUT2D eigenvalue weighted by Gasteiger charge is 2.21. The van der Waals surface area contributed by atoms with Crippen molar-refractivity contribution in [3.8, 4) is 0 Å². The maximum absolute atomic E-state index is 13.1. The number of methoxy groups -OCH3 is 1. The molecule has 3 rings (SSSR count). The lowest BCUT2D eigenvalue weighted by Crippen LogP contribution is -2.28. The number of nitrogens with one attached hydrogen (secondary N) is 1. The minimum atomic E-state index is -0.519. The second kappa shape index (κ2) is 10.5. The van der Waals surface area contributed by atoms with E-state index in [2.05, 4.69) is 10.3 Å². The van der Waals surface area contributed by atoms with E-state index >= 15 is 0 Å². The number of carbonyl (C=O) groups excluding carboxylic acids is 2. The van der Waals surface area contributed by atoms with Gasteiger partial charge in [0.1, 0.15) is 22.9 Å². The van der Waals surface area contributed by atoms with Gasteiger partial charge >= 0.3 is 5.97 Å². The lowest BCUT2D eigenvalue weighted by atomic mass is 10.0. The van der Waals surface area contributed by atoms with Crippen molar-refractivity contribution in [2.45, 2.75) is 40.2 Å². The monoisotopic (exact) mass is 457 g/mol. The van der Waals surface area contributed by atoms with Gasteiger partial charge in [0.15, 0.2) is 0 Å². The van der Waals surface area contributed by atoms with E-state index in [1.165, 1.54) is 18.0 Å². The van der Waals surface area contributed by atoms with Gasteiger partial charge in [-0.15, -0.1) is 11.3 Å². The zero-order chi connectivity index (χ0) is 23.3. The Balaban J connectivity index is 1.85. The lowest BCUT2D eigenvalue weighted by Gasteiger charge is -2.15. The number of benzene rings is 1. The fraction of sp³-hybridized carbons (Fsp3) is 0.391. The number of anilines is 1. The standard InChI is InChI=1S/C23H27N3O5S/c1-5-15-8-7-9-16(6-2)19(15)25-17(27)12-26-13-24-21-18(22(26)28)14(3)20(32-21)23(29)31-11-10-30-4/h7-9,13H,5-6,10-12H2,1-4H3,(H,25,27). The summed E-state index contributed by atoms with van der Waals surface area (Å²) < 4.78 is 11.3. The third-order valence-electron chi connectivity index (χ3n) is 5.20. The van der Waals surface area contributed by atoms with Gasteiger partial charge in [-0.25, -0.2) is 9.78 Å². The van der Waals surface area contributed by atoms with E-state index in [0.29, 0.717) is 20.7 Å². The summed E-state index contributed by atoms with van der Waals surface area (Å²) in [6, 6.07) is 5.94. The molecule has 0 unspecified atom stereocenters. The molecule has 0 fully saturated rings. The third kappa shape index (κ3) is 4.89. The van der Waals surface area contributed by atoms with Crippen LogP contribution in [0.2, 0.25) is 0 Å². The molecule has 3 aromatic rings. The zero-order valence-corrected chi connectivity index (χ0v) is 19.5. The van der Waals surface area contributed by atoms with E-state index in [9.17, 15) is 14.4 Å². The Labute approximate surface area is 190 Å². The van der Waals surface area contributed by atoms with Crippen molar-refractivity contribution in [3.63, 3.8) is 0 Å². The summed E-state index contributed by atoms with van der Waals surface area (Å²) in [6.07, 6.45) is 2.91.